The number of hydrogen-bond acceptors (Lipinski definition) is 4. The van der Waals surface area contributed by atoms with Gasteiger partial charge >= 0.3 is 6.09 Å². The fourth-order valence-electron chi connectivity index (χ4n) is 1.72. The molecule has 0 saturated heterocycles. The minimum absolute atomic E-state index is 0.390. The summed E-state index contributed by atoms with van der Waals surface area (Å²) >= 11 is 5.13. The van der Waals surface area contributed by atoms with Crippen LogP contribution in [-0.4, -0.2) is 21.2 Å². The van der Waals surface area contributed by atoms with Gasteiger partial charge in [0.25, 0.3) is 0 Å². The van der Waals surface area contributed by atoms with Crippen molar-refractivity contribution in [2.24, 2.45) is 0 Å². The van der Waals surface area contributed by atoms with Crippen molar-refractivity contribution in [3.05, 3.63) is 39.0 Å². The highest BCUT2D eigenvalue weighted by Crippen LogP contribution is 2.21. The Morgan fingerprint density at radius 2 is 2.29 bits per heavy atom. The normalized spacial score (nSPS) is 11.4. The number of nitrogens with zero attached hydrogens (tertiary/aromatic N) is 2. The molecule has 0 aromatic carbocycles. The van der Waals surface area contributed by atoms with Crippen molar-refractivity contribution in [1.29, 1.82) is 0 Å². The van der Waals surface area contributed by atoms with Gasteiger partial charge in [-0.1, -0.05) is 0 Å². The Morgan fingerprint density at radius 3 is 2.90 bits per heavy atom. The first kappa shape index (κ1) is 16.0. The molecule has 2 rings (SSSR count). The van der Waals surface area contributed by atoms with E-state index in [1.54, 1.807) is 23.9 Å². The predicted octanol–water partition coefficient (Wildman–Crippen LogP) is 3.78. The molecule has 2 heterocycles. The monoisotopic (exact) mass is 371 g/mol. The average Bonchev–Trinajstić information content (AvgIpc) is 2.94. The van der Waals surface area contributed by atoms with Crippen LogP contribution in [0.3, 0.4) is 0 Å². The van der Waals surface area contributed by atoms with Crippen LogP contribution in [0, 0.1) is 0 Å². The van der Waals surface area contributed by atoms with E-state index in [-0.39, 0.29) is 0 Å². The fourth-order valence-corrected chi connectivity index (χ4v) is 3.17. The van der Waals surface area contributed by atoms with E-state index in [1.165, 1.54) is 4.88 Å². The van der Waals surface area contributed by atoms with Crippen LogP contribution >= 0.6 is 27.3 Å². The molecule has 0 aliphatic rings. The van der Waals surface area contributed by atoms with E-state index in [1.807, 2.05) is 30.7 Å². The molecule has 0 aliphatic heterocycles. The third kappa shape index (κ3) is 5.17. The molecule has 114 valence electrons. The number of carbonyl (C=O) groups excluding carboxylic acids is 1. The average molecular weight is 372 g/mol. The number of amides is 1. The van der Waals surface area contributed by atoms with Crippen LogP contribution in [0.1, 0.15) is 31.3 Å². The van der Waals surface area contributed by atoms with Gasteiger partial charge in [-0.3, -0.25) is 0 Å². The predicted molar refractivity (Wildman–Crippen MR) is 86.4 cm³/mol. The Kier molecular flexibility index (Phi) is 5.05. The van der Waals surface area contributed by atoms with E-state index in [9.17, 15) is 4.79 Å². The maximum Gasteiger partial charge on any atom is 0.407 e. The standard InChI is InChI=1S/C14H18BrN3O2S/c1-14(2,3)20-13(19)17-6-11-5-16-9-18(11)7-12-4-10(15)8-21-12/h4-5,8-9H,6-7H2,1-3H3,(H,17,19). The maximum atomic E-state index is 11.7. The summed E-state index contributed by atoms with van der Waals surface area (Å²) in [6.07, 6.45) is 3.09. The molecule has 2 aromatic heterocycles. The number of ether oxygens (including phenoxy) is 1. The molecule has 21 heavy (non-hydrogen) atoms. The van der Waals surface area contributed by atoms with Gasteiger partial charge in [0, 0.05) is 20.9 Å². The molecule has 1 N–H and O–H groups in total. The Hall–Kier alpha value is -1.34. The SMILES string of the molecule is CC(C)(C)OC(=O)NCc1cncn1Cc1cc(Br)cs1. The smallest absolute Gasteiger partial charge is 0.407 e. The summed E-state index contributed by atoms with van der Waals surface area (Å²) in [5.41, 5.74) is 0.443. The first-order valence-corrected chi connectivity index (χ1v) is 8.19. The zero-order valence-corrected chi connectivity index (χ0v) is 14.6. The van der Waals surface area contributed by atoms with E-state index < -0.39 is 11.7 Å². The minimum Gasteiger partial charge on any atom is -0.444 e. The van der Waals surface area contributed by atoms with Crippen LogP contribution in [0.15, 0.2) is 28.4 Å². The highest BCUT2D eigenvalue weighted by Gasteiger charge is 2.16. The van der Waals surface area contributed by atoms with Gasteiger partial charge in [-0.15, -0.1) is 11.3 Å². The van der Waals surface area contributed by atoms with E-state index in [0.717, 1.165) is 16.7 Å². The number of rotatable bonds is 4. The number of alkyl carbamates (subject to hydrolysis) is 1. The van der Waals surface area contributed by atoms with E-state index in [0.29, 0.717) is 6.54 Å². The van der Waals surface area contributed by atoms with Gasteiger partial charge < -0.3 is 14.6 Å². The van der Waals surface area contributed by atoms with Crippen molar-refractivity contribution >= 4 is 33.4 Å². The molecule has 0 radical (unpaired) electrons. The maximum absolute atomic E-state index is 11.7. The summed E-state index contributed by atoms with van der Waals surface area (Å²) in [6.45, 7) is 6.64. The third-order valence-corrected chi connectivity index (χ3v) is 4.24. The largest absolute Gasteiger partial charge is 0.444 e. The lowest BCUT2D eigenvalue weighted by molar-refractivity contribution is 0.0522. The molecule has 0 saturated carbocycles. The lowest BCUT2D eigenvalue weighted by atomic mass is 10.2. The zero-order chi connectivity index (χ0) is 15.5. The minimum atomic E-state index is -0.492. The number of imidazole rings is 1. The number of halogens is 1. The zero-order valence-electron chi connectivity index (χ0n) is 12.2. The van der Waals surface area contributed by atoms with Crippen LogP contribution in [0.25, 0.3) is 0 Å². The molecule has 0 atom stereocenters. The van der Waals surface area contributed by atoms with Crippen LogP contribution < -0.4 is 5.32 Å². The Morgan fingerprint density at radius 1 is 1.52 bits per heavy atom. The summed E-state index contributed by atoms with van der Waals surface area (Å²) in [6, 6.07) is 2.08. The molecule has 7 heteroatoms. The molecule has 0 aliphatic carbocycles. The summed E-state index contributed by atoms with van der Waals surface area (Å²) in [4.78, 5) is 17.0. The molecule has 1 amide bonds. The number of thiophene rings is 1. The summed E-state index contributed by atoms with van der Waals surface area (Å²) < 4.78 is 8.30. The molecular weight excluding hydrogens is 354 g/mol. The summed E-state index contributed by atoms with van der Waals surface area (Å²) in [5, 5.41) is 4.79. The topological polar surface area (TPSA) is 56.1 Å². The van der Waals surface area contributed by atoms with Crippen LogP contribution in [0.5, 0.6) is 0 Å². The number of aromatic nitrogens is 2. The van der Waals surface area contributed by atoms with Crippen molar-refractivity contribution in [2.45, 2.75) is 39.5 Å². The fraction of sp³-hybridized carbons (Fsp3) is 0.429. The van der Waals surface area contributed by atoms with Gasteiger partial charge in [-0.2, -0.15) is 0 Å². The highest BCUT2D eigenvalue weighted by atomic mass is 79.9. The van der Waals surface area contributed by atoms with Gasteiger partial charge in [-0.05, 0) is 42.8 Å². The summed E-state index contributed by atoms with van der Waals surface area (Å²) in [7, 11) is 0. The van der Waals surface area contributed by atoms with E-state index in [2.05, 4.69) is 32.3 Å². The van der Waals surface area contributed by atoms with E-state index in [4.69, 9.17) is 4.74 Å². The van der Waals surface area contributed by atoms with Crippen LogP contribution in [0.2, 0.25) is 0 Å². The Balaban J connectivity index is 1.93. The van der Waals surface area contributed by atoms with Gasteiger partial charge in [0.05, 0.1) is 25.1 Å². The molecule has 0 spiro atoms. The van der Waals surface area contributed by atoms with Gasteiger partial charge in [0.1, 0.15) is 5.60 Å². The van der Waals surface area contributed by atoms with Gasteiger partial charge in [0.15, 0.2) is 0 Å². The van der Waals surface area contributed by atoms with Crippen molar-refractivity contribution in [3.63, 3.8) is 0 Å². The lowest BCUT2D eigenvalue weighted by Gasteiger charge is -2.19. The molecule has 0 bridgehead atoms. The van der Waals surface area contributed by atoms with Crippen molar-refractivity contribution < 1.29 is 9.53 Å². The molecule has 5 nitrogen and oxygen atoms in total. The van der Waals surface area contributed by atoms with Crippen LogP contribution in [-0.2, 0) is 17.8 Å². The second-order valence-corrected chi connectivity index (χ2v) is 7.51. The second kappa shape index (κ2) is 6.62. The summed E-state index contributed by atoms with van der Waals surface area (Å²) in [5.74, 6) is 0. The molecule has 0 unspecified atom stereocenters. The van der Waals surface area contributed by atoms with E-state index >= 15 is 0 Å². The first-order chi connectivity index (χ1) is 9.83. The number of nitrogens with one attached hydrogen (secondary N) is 1. The molecule has 2 aromatic rings. The third-order valence-electron chi connectivity index (χ3n) is 2.56. The van der Waals surface area contributed by atoms with Gasteiger partial charge in [0.2, 0.25) is 0 Å². The quantitative estimate of drug-likeness (QED) is 0.889. The van der Waals surface area contributed by atoms with Crippen molar-refractivity contribution in [2.75, 3.05) is 0 Å². The van der Waals surface area contributed by atoms with Crippen LogP contribution in [0.4, 0.5) is 4.79 Å². The Bertz CT molecular complexity index is 616. The second-order valence-electron chi connectivity index (χ2n) is 5.60. The Labute approximate surface area is 136 Å². The molecule has 0 fully saturated rings. The first-order valence-electron chi connectivity index (χ1n) is 6.52. The van der Waals surface area contributed by atoms with Gasteiger partial charge in [-0.25, -0.2) is 9.78 Å². The molecular formula is C14H18BrN3O2S. The lowest BCUT2D eigenvalue weighted by Crippen LogP contribution is -2.32. The van der Waals surface area contributed by atoms with Crippen molar-refractivity contribution in [3.8, 4) is 0 Å². The van der Waals surface area contributed by atoms with Crippen molar-refractivity contribution in [1.82, 2.24) is 14.9 Å². The highest BCUT2D eigenvalue weighted by molar-refractivity contribution is 9.10. The number of carbonyl (C=O) groups is 1. The number of hydrogen-bond donors (Lipinski definition) is 1.